The molecule has 1 aromatic rings. The van der Waals surface area contributed by atoms with Crippen molar-refractivity contribution in [2.24, 2.45) is 17.6 Å². The number of amides is 2. The number of anilines is 1. The molecule has 1 saturated heterocycles. The van der Waals surface area contributed by atoms with Gasteiger partial charge in [-0.3, -0.25) is 9.59 Å². The first-order chi connectivity index (χ1) is 10.5. The van der Waals surface area contributed by atoms with Gasteiger partial charge in [0.15, 0.2) is 0 Å². The van der Waals surface area contributed by atoms with Crippen molar-refractivity contribution in [3.63, 3.8) is 0 Å². The van der Waals surface area contributed by atoms with E-state index < -0.39 is 0 Å². The van der Waals surface area contributed by atoms with Crippen molar-refractivity contribution in [3.8, 4) is 0 Å². The maximum atomic E-state index is 12.2. The maximum absolute atomic E-state index is 12.2. The van der Waals surface area contributed by atoms with Gasteiger partial charge in [0.05, 0.1) is 0 Å². The first-order valence-corrected chi connectivity index (χ1v) is 7.73. The summed E-state index contributed by atoms with van der Waals surface area (Å²) < 4.78 is 0. The van der Waals surface area contributed by atoms with Gasteiger partial charge in [-0.1, -0.05) is 13.0 Å². The molecule has 1 aromatic heterocycles. The number of rotatable bonds is 4. The van der Waals surface area contributed by atoms with E-state index in [1.54, 1.807) is 12.3 Å². The Bertz CT molecular complexity index is 531. The van der Waals surface area contributed by atoms with Crippen molar-refractivity contribution in [2.75, 3.05) is 25.0 Å². The summed E-state index contributed by atoms with van der Waals surface area (Å²) in [5.41, 5.74) is 6.59. The smallest absolute Gasteiger partial charge is 0.228 e. The van der Waals surface area contributed by atoms with Gasteiger partial charge in [0.25, 0.3) is 0 Å². The van der Waals surface area contributed by atoms with Crippen LogP contribution in [0.15, 0.2) is 18.3 Å². The molecule has 0 radical (unpaired) electrons. The molecule has 2 heterocycles. The van der Waals surface area contributed by atoms with Gasteiger partial charge in [-0.2, -0.15) is 0 Å². The lowest BCUT2D eigenvalue weighted by atomic mass is 9.95. The first kappa shape index (κ1) is 22.6. The molecular formula is C16H26Cl2N4O2. The highest BCUT2D eigenvalue weighted by molar-refractivity contribution is 5.92. The predicted octanol–water partition coefficient (Wildman–Crippen LogP) is 2.01. The average molecular weight is 377 g/mol. The molecule has 2 amide bonds. The number of pyridine rings is 1. The predicted molar refractivity (Wildman–Crippen MR) is 99.6 cm³/mol. The Morgan fingerprint density at radius 3 is 2.46 bits per heavy atom. The Morgan fingerprint density at radius 1 is 1.33 bits per heavy atom. The van der Waals surface area contributed by atoms with Crippen molar-refractivity contribution in [1.82, 2.24) is 9.88 Å². The molecule has 1 aliphatic rings. The van der Waals surface area contributed by atoms with E-state index >= 15 is 0 Å². The van der Waals surface area contributed by atoms with Crippen LogP contribution >= 0.6 is 24.8 Å². The van der Waals surface area contributed by atoms with Crippen LogP contribution in [0.2, 0.25) is 0 Å². The van der Waals surface area contributed by atoms with E-state index in [0.29, 0.717) is 38.3 Å². The molecule has 1 aliphatic heterocycles. The van der Waals surface area contributed by atoms with Crippen LogP contribution in [0.5, 0.6) is 0 Å². The number of nitrogens with zero attached hydrogens (tertiary/aromatic N) is 2. The van der Waals surface area contributed by atoms with Gasteiger partial charge < -0.3 is 16.0 Å². The molecule has 1 fully saturated rings. The Morgan fingerprint density at radius 2 is 1.96 bits per heavy atom. The number of carbonyl (C=O) groups is 2. The number of nitrogens with two attached hydrogens (primary N) is 1. The van der Waals surface area contributed by atoms with Gasteiger partial charge in [-0.15, -0.1) is 24.8 Å². The Balaban J connectivity index is 0.00000264. The highest BCUT2D eigenvalue weighted by atomic mass is 35.5. The third-order valence-corrected chi connectivity index (χ3v) is 4.12. The van der Waals surface area contributed by atoms with Crippen LogP contribution in [0.4, 0.5) is 5.82 Å². The number of piperidine rings is 1. The molecule has 0 aromatic carbocycles. The van der Waals surface area contributed by atoms with Gasteiger partial charge >= 0.3 is 0 Å². The first-order valence-electron chi connectivity index (χ1n) is 7.73. The van der Waals surface area contributed by atoms with Gasteiger partial charge in [-0.05, 0) is 31.4 Å². The standard InChI is InChI=1S/C16H24N4O2.2ClH/c1-11-3-4-14(18-10-11)19-15(21)13-5-7-20(8-6-13)16(22)12(2)9-17;;/h3-4,10,12-13H,5-9,17H2,1-2H3,(H,18,19,21);2*1H. The molecule has 3 N–H and O–H groups in total. The molecule has 1 unspecified atom stereocenters. The molecular weight excluding hydrogens is 351 g/mol. The van der Waals surface area contributed by atoms with Crippen molar-refractivity contribution in [3.05, 3.63) is 23.9 Å². The van der Waals surface area contributed by atoms with Crippen LogP contribution in [0.25, 0.3) is 0 Å². The fraction of sp³-hybridized carbons (Fsp3) is 0.562. The maximum Gasteiger partial charge on any atom is 0.228 e. The van der Waals surface area contributed by atoms with E-state index in [4.69, 9.17) is 5.73 Å². The van der Waals surface area contributed by atoms with Crippen molar-refractivity contribution >= 4 is 42.4 Å². The van der Waals surface area contributed by atoms with Crippen LogP contribution in [-0.2, 0) is 9.59 Å². The molecule has 0 saturated carbocycles. The van der Waals surface area contributed by atoms with Gasteiger partial charge in [0, 0.05) is 37.7 Å². The number of hydrogen-bond donors (Lipinski definition) is 2. The van der Waals surface area contributed by atoms with E-state index in [-0.39, 0.29) is 48.5 Å². The van der Waals surface area contributed by atoms with E-state index in [1.165, 1.54) is 0 Å². The molecule has 2 rings (SSSR count). The summed E-state index contributed by atoms with van der Waals surface area (Å²) in [6, 6.07) is 3.72. The summed E-state index contributed by atoms with van der Waals surface area (Å²) in [4.78, 5) is 30.3. The second-order valence-electron chi connectivity index (χ2n) is 5.95. The van der Waals surface area contributed by atoms with Gasteiger partial charge in [-0.25, -0.2) is 4.98 Å². The van der Waals surface area contributed by atoms with Crippen LogP contribution in [0.3, 0.4) is 0 Å². The summed E-state index contributed by atoms with van der Waals surface area (Å²) in [5, 5.41) is 2.84. The lowest BCUT2D eigenvalue weighted by Gasteiger charge is -2.32. The number of nitrogens with one attached hydrogen (secondary N) is 1. The number of halogens is 2. The molecule has 0 aliphatic carbocycles. The number of likely N-dealkylation sites (tertiary alicyclic amines) is 1. The summed E-state index contributed by atoms with van der Waals surface area (Å²) in [6.45, 7) is 5.38. The Hall–Kier alpha value is -1.37. The van der Waals surface area contributed by atoms with Crippen LogP contribution in [0.1, 0.15) is 25.3 Å². The SMILES string of the molecule is Cc1ccc(NC(=O)C2CCN(C(=O)C(C)CN)CC2)nc1.Cl.Cl. The number of aromatic nitrogens is 1. The minimum absolute atomic E-state index is 0. The number of hydrogen-bond acceptors (Lipinski definition) is 4. The van der Waals surface area contributed by atoms with Crippen molar-refractivity contribution in [1.29, 1.82) is 0 Å². The summed E-state index contributed by atoms with van der Waals surface area (Å²) in [7, 11) is 0. The van der Waals surface area contributed by atoms with Crippen molar-refractivity contribution < 1.29 is 9.59 Å². The topological polar surface area (TPSA) is 88.3 Å². The molecule has 8 heteroatoms. The largest absolute Gasteiger partial charge is 0.342 e. The molecule has 24 heavy (non-hydrogen) atoms. The fourth-order valence-electron chi connectivity index (χ4n) is 2.54. The normalized spacial score (nSPS) is 15.7. The second kappa shape index (κ2) is 10.5. The van der Waals surface area contributed by atoms with E-state index in [2.05, 4.69) is 10.3 Å². The summed E-state index contributed by atoms with van der Waals surface area (Å²) >= 11 is 0. The minimum atomic E-state index is -0.151. The molecule has 0 spiro atoms. The zero-order valence-electron chi connectivity index (χ0n) is 14.0. The molecule has 1 atom stereocenters. The lowest BCUT2D eigenvalue weighted by molar-refractivity contribution is -0.137. The van der Waals surface area contributed by atoms with E-state index in [9.17, 15) is 9.59 Å². The van der Waals surface area contributed by atoms with Crippen LogP contribution in [0, 0.1) is 18.8 Å². The molecule has 136 valence electrons. The monoisotopic (exact) mass is 376 g/mol. The Kier molecular flexibility index (Phi) is 9.89. The van der Waals surface area contributed by atoms with Gasteiger partial charge in [0.1, 0.15) is 5.82 Å². The molecule has 6 nitrogen and oxygen atoms in total. The minimum Gasteiger partial charge on any atom is -0.342 e. The number of aryl methyl sites for hydroxylation is 1. The quantitative estimate of drug-likeness (QED) is 0.840. The number of carbonyl (C=O) groups excluding carboxylic acids is 2. The zero-order chi connectivity index (χ0) is 16.1. The fourth-order valence-corrected chi connectivity index (χ4v) is 2.54. The van der Waals surface area contributed by atoms with Gasteiger partial charge in [0.2, 0.25) is 11.8 Å². The highest BCUT2D eigenvalue weighted by Gasteiger charge is 2.29. The van der Waals surface area contributed by atoms with Crippen molar-refractivity contribution in [2.45, 2.75) is 26.7 Å². The van der Waals surface area contributed by atoms with E-state index in [0.717, 1.165) is 5.56 Å². The Labute approximate surface area is 155 Å². The molecule has 0 bridgehead atoms. The second-order valence-corrected chi connectivity index (χ2v) is 5.95. The van der Waals surface area contributed by atoms with Crippen LogP contribution in [-0.4, -0.2) is 41.3 Å². The lowest BCUT2D eigenvalue weighted by Crippen LogP contribution is -2.44. The third-order valence-electron chi connectivity index (χ3n) is 4.12. The average Bonchev–Trinajstić information content (AvgIpc) is 2.55. The zero-order valence-corrected chi connectivity index (χ0v) is 15.7. The summed E-state index contributed by atoms with van der Waals surface area (Å²) in [5.74, 6) is 0.421. The highest BCUT2D eigenvalue weighted by Crippen LogP contribution is 2.20. The van der Waals surface area contributed by atoms with E-state index in [1.807, 2.05) is 24.8 Å². The third kappa shape index (κ3) is 5.92. The summed E-state index contributed by atoms with van der Waals surface area (Å²) in [6.07, 6.45) is 3.09. The van der Waals surface area contributed by atoms with Crippen LogP contribution < -0.4 is 11.1 Å².